The van der Waals surface area contributed by atoms with Crippen molar-refractivity contribution in [3.05, 3.63) is 0 Å². The second-order valence-electron chi connectivity index (χ2n) is 7.66. The minimum Gasteiger partial charge on any atom is -0.458 e. The van der Waals surface area contributed by atoms with Crippen molar-refractivity contribution in [2.45, 2.75) is 66.0 Å². The summed E-state index contributed by atoms with van der Waals surface area (Å²) >= 11 is 0. The van der Waals surface area contributed by atoms with Crippen molar-refractivity contribution >= 4 is 17.9 Å². The molecule has 0 fully saturated rings. The highest BCUT2D eigenvalue weighted by molar-refractivity contribution is 5.91. The molecule has 0 aromatic rings. The Morgan fingerprint density at radius 2 is 1.41 bits per heavy atom. The maximum Gasteiger partial charge on any atom is 0.456 e. The monoisotopic (exact) mass is 434 g/mol. The van der Waals surface area contributed by atoms with Crippen molar-refractivity contribution in [2.24, 2.45) is 17.3 Å². The number of hydrogen-bond donors (Lipinski definition) is 0. The van der Waals surface area contributed by atoms with Crippen molar-refractivity contribution < 1.29 is 50.5 Å². The van der Waals surface area contributed by atoms with Crippen LogP contribution in [0.5, 0.6) is 0 Å². The second kappa shape index (κ2) is 10.7. The summed E-state index contributed by atoms with van der Waals surface area (Å²) in [6, 6.07) is 0. The fraction of sp³-hybridized carbons (Fsp3) is 0.833. The molecule has 1 atom stereocenters. The van der Waals surface area contributed by atoms with Gasteiger partial charge in [0.25, 0.3) is 0 Å². The first kappa shape index (κ1) is 27.1. The summed E-state index contributed by atoms with van der Waals surface area (Å²) in [5, 5.41) is 0. The lowest BCUT2D eigenvalue weighted by atomic mass is 9.73. The van der Waals surface area contributed by atoms with E-state index in [1.54, 1.807) is 0 Å². The van der Waals surface area contributed by atoms with Gasteiger partial charge in [-0.05, 0) is 17.8 Å². The first-order valence-corrected chi connectivity index (χ1v) is 8.96. The molecule has 6 nitrogen and oxygen atoms in total. The SMILES string of the molecule is CCC(C)(C)C(CC(C)C)C(=O)OCOC(=O)CC(=O)OCC(F)(F)C(F)(F)F. The molecule has 0 saturated carbocycles. The van der Waals surface area contributed by atoms with E-state index in [9.17, 15) is 36.3 Å². The molecule has 0 bridgehead atoms. The van der Waals surface area contributed by atoms with Crippen LogP contribution in [0.15, 0.2) is 0 Å². The standard InChI is InChI=1S/C18H27F5O6/c1-6-16(4,5)12(7-11(2)3)15(26)29-10-28-14(25)8-13(24)27-9-17(19,20)18(21,22)23/h11-12H,6-10H2,1-5H3. The number of hydrogen-bond acceptors (Lipinski definition) is 6. The lowest BCUT2D eigenvalue weighted by molar-refractivity contribution is -0.294. The van der Waals surface area contributed by atoms with Crippen LogP contribution in [0.4, 0.5) is 22.0 Å². The molecule has 29 heavy (non-hydrogen) atoms. The van der Waals surface area contributed by atoms with E-state index in [2.05, 4.69) is 9.47 Å². The van der Waals surface area contributed by atoms with E-state index in [1.807, 2.05) is 34.6 Å². The lowest BCUT2D eigenvalue weighted by Gasteiger charge is -2.32. The molecule has 0 heterocycles. The van der Waals surface area contributed by atoms with Crippen molar-refractivity contribution in [1.29, 1.82) is 0 Å². The Balaban J connectivity index is 4.50. The van der Waals surface area contributed by atoms with Gasteiger partial charge in [0.15, 0.2) is 6.61 Å². The van der Waals surface area contributed by atoms with Gasteiger partial charge in [0, 0.05) is 0 Å². The molecule has 0 rings (SSSR count). The summed E-state index contributed by atoms with van der Waals surface area (Å²) in [5.41, 5.74) is -0.376. The van der Waals surface area contributed by atoms with Gasteiger partial charge < -0.3 is 14.2 Å². The van der Waals surface area contributed by atoms with Gasteiger partial charge in [-0.3, -0.25) is 14.4 Å². The molecule has 0 amide bonds. The van der Waals surface area contributed by atoms with Crippen LogP contribution >= 0.6 is 0 Å². The quantitative estimate of drug-likeness (QED) is 0.209. The molecule has 0 aliphatic carbocycles. The van der Waals surface area contributed by atoms with Crippen LogP contribution in [-0.2, 0) is 28.6 Å². The van der Waals surface area contributed by atoms with Crippen molar-refractivity contribution in [3.63, 3.8) is 0 Å². The number of carbonyl (C=O) groups is 3. The van der Waals surface area contributed by atoms with E-state index in [-0.39, 0.29) is 11.3 Å². The van der Waals surface area contributed by atoms with Crippen LogP contribution in [-0.4, -0.2) is 43.4 Å². The molecule has 0 aliphatic rings. The molecule has 0 saturated heterocycles. The highest BCUT2D eigenvalue weighted by atomic mass is 19.4. The highest BCUT2D eigenvalue weighted by Gasteiger charge is 2.58. The minimum absolute atomic E-state index is 0.200. The van der Waals surface area contributed by atoms with Crippen LogP contribution in [0.3, 0.4) is 0 Å². The van der Waals surface area contributed by atoms with Gasteiger partial charge in [-0.25, -0.2) is 0 Å². The Morgan fingerprint density at radius 1 is 0.897 bits per heavy atom. The fourth-order valence-electron chi connectivity index (χ4n) is 2.18. The molecule has 1 unspecified atom stereocenters. The van der Waals surface area contributed by atoms with E-state index in [4.69, 9.17) is 4.74 Å². The van der Waals surface area contributed by atoms with Crippen molar-refractivity contribution in [3.8, 4) is 0 Å². The Bertz CT molecular complexity index is 572. The maximum atomic E-state index is 12.6. The molecular formula is C18H27F5O6. The van der Waals surface area contributed by atoms with Crippen LogP contribution in [0.1, 0.15) is 53.9 Å². The number of ether oxygens (including phenoxy) is 3. The predicted octanol–water partition coefficient (Wildman–Crippen LogP) is 4.26. The highest BCUT2D eigenvalue weighted by Crippen LogP contribution is 2.36. The van der Waals surface area contributed by atoms with E-state index in [0.29, 0.717) is 12.8 Å². The summed E-state index contributed by atoms with van der Waals surface area (Å²) < 4.78 is 74.3. The van der Waals surface area contributed by atoms with E-state index in [1.165, 1.54) is 0 Å². The molecule has 11 heteroatoms. The maximum absolute atomic E-state index is 12.6. The van der Waals surface area contributed by atoms with Gasteiger partial charge in [-0.2, -0.15) is 22.0 Å². The van der Waals surface area contributed by atoms with Gasteiger partial charge in [-0.15, -0.1) is 0 Å². The molecular weight excluding hydrogens is 407 g/mol. The topological polar surface area (TPSA) is 78.9 Å². The zero-order valence-electron chi connectivity index (χ0n) is 17.0. The number of carbonyl (C=O) groups excluding carboxylic acids is 3. The largest absolute Gasteiger partial charge is 0.458 e. The summed E-state index contributed by atoms with van der Waals surface area (Å²) in [6.45, 7) is 6.48. The van der Waals surface area contributed by atoms with Gasteiger partial charge in [-0.1, -0.05) is 41.0 Å². The van der Waals surface area contributed by atoms with Crippen LogP contribution in [0.2, 0.25) is 0 Å². The van der Waals surface area contributed by atoms with Crippen molar-refractivity contribution in [1.82, 2.24) is 0 Å². The Morgan fingerprint density at radius 3 is 1.86 bits per heavy atom. The van der Waals surface area contributed by atoms with Gasteiger partial charge in [0.1, 0.15) is 6.42 Å². The third kappa shape index (κ3) is 9.40. The van der Waals surface area contributed by atoms with Gasteiger partial charge in [0.2, 0.25) is 6.79 Å². The third-order valence-electron chi connectivity index (χ3n) is 4.39. The van der Waals surface area contributed by atoms with Gasteiger partial charge in [0.05, 0.1) is 5.92 Å². The van der Waals surface area contributed by atoms with E-state index in [0.717, 1.165) is 0 Å². The summed E-state index contributed by atoms with van der Waals surface area (Å²) in [4.78, 5) is 34.9. The first-order chi connectivity index (χ1) is 13.0. The number of rotatable bonds is 11. The summed E-state index contributed by atoms with van der Waals surface area (Å²) in [6.07, 6.45) is -5.87. The summed E-state index contributed by atoms with van der Waals surface area (Å²) in [5.74, 6) is -9.04. The molecule has 0 aromatic heterocycles. The second-order valence-corrected chi connectivity index (χ2v) is 7.66. The molecule has 0 aliphatic heterocycles. The Labute approximate surface area is 166 Å². The predicted molar refractivity (Wildman–Crippen MR) is 90.6 cm³/mol. The molecule has 170 valence electrons. The van der Waals surface area contributed by atoms with Crippen LogP contribution < -0.4 is 0 Å². The average molecular weight is 434 g/mol. The zero-order valence-corrected chi connectivity index (χ0v) is 17.0. The Kier molecular flexibility index (Phi) is 10.0. The normalized spacial score (nSPS) is 13.8. The number of alkyl halides is 5. The smallest absolute Gasteiger partial charge is 0.456 e. The van der Waals surface area contributed by atoms with E-state index < -0.39 is 55.7 Å². The minimum atomic E-state index is -5.89. The number of esters is 3. The third-order valence-corrected chi connectivity index (χ3v) is 4.39. The zero-order chi connectivity index (χ0) is 23.0. The molecule has 0 aromatic carbocycles. The number of halogens is 5. The van der Waals surface area contributed by atoms with Crippen LogP contribution in [0.25, 0.3) is 0 Å². The Hall–Kier alpha value is -1.94. The fourth-order valence-corrected chi connectivity index (χ4v) is 2.18. The van der Waals surface area contributed by atoms with Crippen molar-refractivity contribution in [2.75, 3.05) is 13.4 Å². The average Bonchev–Trinajstić information content (AvgIpc) is 2.56. The lowest BCUT2D eigenvalue weighted by Crippen LogP contribution is -2.41. The van der Waals surface area contributed by atoms with Gasteiger partial charge >= 0.3 is 30.0 Å². The molecule has 0 spiro atoms. The summed E-state index contributed by atoms with van der Waals surface area (Å²) in [7, 11) is 0. The first-order valence-electron chi connectivity index (χ1n) is 8.96. The van der Waals surface area contributed by atoms with E-state index >= 15 is 0 Å². The molecule has 0 radical (unpaired) electrons. The van der Waals surface area contributed by atoms with Crippen LogP contribution in [0, 0.1) is 17.3 Å². The molecule has 0 N–H and O–H groups in total.